The van der Waals surface area contributed by atoms with Crippen LogP contribution in [0.4, 0.5) is 0 Å². The molecule has 0 aromatic carbocycles. The number of aryl methyl sites for hydroxylation is 1. The molecule has 2 aromatic heterocycles. The number of rotatable bonds is 6. The number of nitrogens with zero attached hydrogens (tertiary/aromatic N) is 4. The highest BCUT2D eigenvalue weighted by Crippen LogP contribution is 2.28. The van der Waals surface area contributed by atoms with Gasteiger partial charge in [-0.05, 0) is 22.4 Å². The smallest absolute Gasteiger partial charge is 0.248 e. The predicted octanol–water partition coefficient (Wildman–Crippen LogP) is 1.69. The van der Waals surface area contributed by atoms with Crippen LogP contribution in [0, 0.1) is 0 Å². The van der Waals surface area contributed by atoms with Crippen molar-refractivity contribution in [2.75, 3.05) is 33.9 Å². The molecule has 0 bridgehead atoms. The molecule has 1 aliphatic rings. The van der Waals surface area contributed by atoms with Crippen molar-refractivity contribution in [2.24, 2.45) is 7.05 Å². The molecule has 3 rings (SSSR count). The summed E-state index contributed by atoms with van der Waals surface area (Å²) in [6.45, 7) is 3.36. The Bertz CT molecular complexity index is 681. The number of thiophene rings is 1. The van der Waals surface area contributed by atoms with Gasteiger partial charge in [0.2, 0.25) is 5.91 Å². The Morgan fingerprint density at radius 2 is 2.33 bits per heavy atom. The van der Waals surface area contributed by atoms with Gasteiger partial charge in [0.25, 0.3) is 0 Å². The summed E-state index contributed by atoms with van der Waals surface area (Å²) in [5.74, 6) is 0.223. The van der Waals surface area contributed by atoms with Gasteiger partial charge in [-0.3, -0.25) is 9.69 Å². The maximum atomic E-state index is 11.7. The maximum absolute atomic E-state index is 11.7. The third kappa shape index (κ3) is 3.85. The van der Waals surface area contributed by atoms with Crippen LogP contribution in [0.15, 0.2) is 23.2 Å². The first kappa shape index (κ1) is 17.1. The van der Waals surface area contributed by atoms with Crippen molar-refractivity contribution in [3.63, 3.8) is 0 Å². The van der Waals surface area contributed by atoms with Crippen molar-refractivity contribution in [3.8, 4) is 0 Å². The molecule has 0 aliphatic carbocycles. The molecule has 0 spiro atoms. The van der Waals surface area contributed by atoms with Gasteiger partial charge in [-0.15, -0.1) is 0 Å². The number of ether oxygens (including phenoxy) is 1. The van der Waals surface area contributed by atoms with Gasteiger partial charge in [-0.2, -0.15) is 11.3 Å². The first-order valence-corrected chi connectivity index (χ1v) is 9.00. The zero-order valence-electron chi connectivity index (χ0n) is 14.4. The van der Waals surface area contributed by atoms with Crippen molar-refractivity contribution in [1.82, 2.24) is 19.4 Å². The lowest BCUT2D eigenvalue weighted by atomic mass is 9.98. The van der Waals surface area contributed by atoms with Crippen LogP contribution in [0.2, 0.25) is 0 Å². The number of carbonyl (C=O) groups excluding carboxylic acids is 1. The van der Waals surface area contributed by atoms with E-state index in [0.717, 1.165) is 25.3 Å². The Hall–Kier alpha value is -1.70. The first-order valence-electron chi connectivity index (χ1n) is 8.06. The van der Waals surface area contributed by atoms with Gasteiger partial charge in [0, 0.05) is 52.4 Å². The Morgan fingerprint density at radius 3 is 3.04 bits per heavy atom. The Kier molecular flexibility index (Phi) is 5.33. The number of amides is 1. The summed E-state index contributed by atoms with van der Waals surface area (Å²) >= 11 is 1.73. The number of imidazole rings is 1. The quantitative estimate of drug-likeness (QED) is 0.797. The number of hydrogen-bond donors (Lipinski definition) is 0. The fourth-order valence-electron chi connectivity index (χ4n) is 3.12. The molecule has 0 unspecified atom stereocenters. The second kappa shape index (κ2) is 7.46. The third-order valence-electron chi connectivity index (χ3n) is 4.33. The summed E-state index contributed by atoms with van der Waals surface area (Å²) in [6.07, 6.45) is 1.87. The number of hydrogen-bond acceptors (Lipinski definition) is 5. The van der Waals surface area contributed by atoms with Crippen molar-refractivity contribution in [1.29, 1.82) is 0 Å². The Balaban J connectivity index is 1.66. The third-order valence-corrected chi connectivity index (χ3v) is 5.06. The zero-order valence-corrected chi connectivity index (χ0v) is 15.3. The summed E-state index contributed by atoms with van der Waals surface area (Å²) in [5, 5.41) is 4.30. The van der Waals surface area contributed by atoms with Crippen molar-refractivity contribution in [3.05, 3.63) is 40.1 Å². The average molecular weight is 348 g/mol. The minimum absolute atomic E-state index is 0.00818. The lowest BCUT2D eigenvalue weighted by molar-refractivity contribution is -0.133. The molecule has 3 heterocycles. The molecular formula is C17H24N4O2S. The number of fused-ring (bicyclic) bond motifs is 1. The SMILES string of the molecule is CN(C)C(=O)COC[C@@H]1CN(Cc2ccsc2)Cc2ncn(C)c21. The predicted molar refractivity (Wildman–Crippen MR) is 93.9 cm³/mol. The van der Waals surface area contributed by atoms with Gasteiger partial charge in [0.05, 0.1) is 18.6 Å². The monoisotopic (exact) mass is 348 g/mol. The number of carbonyl (C=O) groups is 1. The van der Waals surface area contributed by atoms with Gasteiger partial charge < -0.3 is 14.2 Å². The Labute approximate surface area is 146 Å². The molecular weight excluding hydrogens is 324 g/mol. The standard InChI is InChI=1S/C17H24N4O2S/c1-19(2)16(22)10-23-9-14-7-21(6-13-4-5-24-11-13)8-15-17(14)20(3)12-18-15/h4-5,11-12,14H,6-10H2,1-3H3/t14-/m0/s1. The van der Waals surface area contributed by atoms with E-state index in [-0.39, 0.29) is 18.4 Å². The van der Waals surface area contributed by atoms with Crippen LogP contribution < -0.4 is 0 Å². The average Bonchev–Trinajstić information content (AvgIpc) is 3.17. The molecule has 0 saturated carbocycles. The summed E-state index contributed by atoms with van der Waals surface area (Å²) < 4.78 is 7.79. The molecule has 7 heteroatoms. The largest absolute Gasteiger partial charge is 0.371 e. The normalized spacial score (nSPS) is 17.7. The zero-order chi connectivity index (χ0) is 17.1. The van der Waals surface area contributed by atoms with Crippen LogP contribution in [-0.4, -0.2) is 59.1 Å². The minimum Gasteiger partial charge on any atom is -0.371 e. The highest BCUT2D eigenvalue weighted by atomic mass is 32.1. The van der Waals surface area contributed by atoms with Gasteiger partial charge >= 0.3 is 0 Å². The molecule has 0 fully saturated rings. The minimum atomic E-state index is -0.00818. The summed E-state index contributed by atoms with van der Waals surface area (Å²) in [4.78, 5) is 20.2. The second-order valence-corrected chi connectivity index (χ2v) is 7.27. The van der Waals surface area contributed by atoms with Gasteiger partial charge in [-0.1, -0.05) is 0 Å². The fraction of sp³-hybridized carbons (Fsp3) is 0.529. The highest BCUT2D eigenvalue weighted by Gasteiger charge is 2.29. The molecule has 1 atom stereocenters. The molecule has 1 aliphatic heterocycles. The second-order valence-electron chi connectivity index (χ2n) is 6.49. The van der Waals surface area contributed by atoms with E-state index in [1.54, 1.807) is 30.3 Å². The molecule has 130 valence electrons. The van der Waals surface area contributed by atoms with Crippen LogP contribution in [0.25, 0.3) is 0 Å². The number of likely N-dealkylation sites (N-methyl/N-ethyl adjacent to an activating group) is 1. The van der Waals surface area contributed by atoms with E-state index < -0.39 is 0 Å². The van der Waals surface area contributed by atoms with E-state index in [1.807, 2.05) is 13.4 Å². The van der Waals surface area contributed by atoms with Gasteiger partial charge in [0.1, 0.15) is 6.61 Å². The topological polar surface area (TPSA) is 50.6 Å². The van der Waals surface area contributed by atoms with Crippen LogP contribution in [0.1, 0.15) is 22.9 Å². The maximum Gasteiger partial charge on any atom is 0.248 e. The fourth-order valence-corrected chi connectivity index (χ4v) is 3.78. The molecule has 0 radical (unpaired) electrons. The molecule has 0 saturated heterocycles. The van der Waals surface area contributed by atoms with Crippen molar-refractivity contribution >= 4 is 17.2 Å². The summed E-state index contributed by atoms with van der Waals surface area (Å²) in [6, 6.07) is 2.17. The lowest BCUT2D eigenvalue weighted by Gasteiger charge is -2.32. The molecule has 1 amide bonds. The van der Waals surface area contributed by atoms with Crippen LogP contribution >= 0.6 is 11.3 Å². The molecule has 24 heavy (non-hydrogen) atoms. The van der Waals surface area contributed by atoms with Crippen LogP contribution in [0.3, 0.4) is 0 Å². The van der Waals surface area contributed by atoms with E-state index >= 15 is 0 Å². The van der Waals surface area contributed by atoms with Crippen LogP contribution in [-0.2, 0) is 29.7 Å². The van der Waals surface area contributed by atoms with E-state index in [9.17, 15) is 4.79 Å². The van der Waals surface area contributed by atoms with E-state index in [0.29, 0.717) is 6.61 Å². The Morgan fingerprint density at radius 1 is 1.50 bits per heavy atom. The van der Waals surface area contributed by atoms with E-state index in [2.05, 4.69) is 31.3 Å². The van der Waals surface area contributed by atoms with Crippen molar-refractivity contribution < 1.29 is 9.53 Å². The molecule has 2 aromatic rings. The highest BCUT2D eigenvalue weighted by molar-refractivity contribution is 7.07. The van der Waals surface area contributed by atoms with Gasteiger partial charge in [0.15, 0.2) is 0 Å². The molecule has 0 N–H and O–H groups in total. The van der Waals surface area contributed by atoms with Crippen LogP contribution in [0.5, 0.6) is 0 Å². The summed E-state index contributed by atoms with van der Waals surface area (Å²) in [7, 11) is 5.51. The lowest BCUT2D eigenvalue weighted by Crippen LogP contribution is -2.36. The number of aromatic nitrogens is 2. The van der Waals surface area contributed by atoms with E-state index in [4.69, 9.17) is 4.74 Å². The summed E-state index contributed by atoms with van der Waals surface area (Å²) in [5.41, 5.74) is 3.68. The van der Waals surface area contributed by atoms with E-state index in [1.165, 1.54) is 11.3 Å². The molecule has 6 nitrogen and oxygen atoms in total. The van der Waals surface area contributed by atoms with Crippen molar-refractivity contribution in [2.45, 2.75) is 19.0 Å². The first-order chi connectivity index (χ1) is 11.5. The van der Waals surface area contributed by atoms with Gasteiger partial charge in [-0.25, -0.2) is 4.98 Å².